The van der Waals surface area contributed by atoms with E-state index in [0.717, 1.165) is 55.8 Å². The molecule has 158 valence electrons. The van der Waals surface area contributed by atoms with Gasteiger partial charge in [-0.15, -0.1) is 0 Å². The number of nitrogens with one attached hydrogen (secondary N) is 2. The number of furan rings is 1. The maximum Gasteiger partial charge on any atom is 0.135 e. The molecule has 0 amide bonds. The Morgan fingerprint density at radius 3 is 1.76 bits per heavy atom. The van der Waals surface area contributed by atoms with Crippen LogP contribution < -0.4 is 10.6 Å². The fourth-order valence-corrected chi connectivity index (χ4v) is 4.20. The van der Waals surface area contributed by atoms with Gasteiger partial charge in [0.2, 0.25) is 0 Å². The minimum Gasteiger partial charge on any atom is -0.456 e. The summed E-state index contributed by atoms with van der Waals surface area (Å²) in [7, 11) is 0. The van der Waals surface area contributed by atoms with Gasteiger partial charge in [-0.05, 0) is 65.7 Å². The van der Waals surface area contributed by atoms with Crippen LogP contribution in [0.15, 0.2) is 126 Å². The van der Waals surface area contributed by atoms with Crippen molar-refractivity contribution in [2.45, 2.75) is 0 Å². The lowest BCUT2D eigenvalue weighted by Crippen LogP contribution is -1.98. The van der Waals surface area contributed by atoms with Crippen molar-refractivity contribution in [1.82, 2.24) is 0 Å². The van der Waals surface area contributed by atoms with Crippen molar-refractivity contribution in [3.63, 3.8) is 0 Å². The first kappa shape index (κ1) is 19.2. The molecule has 3 heteroatoms. The molecule has 6 aromatic rings. The Morgan fingerprint density at radius 2 is 1.00 bits per heavy atom. The summed E-state index contributed by atoms with van der Waals surface area (Å²) in [5.74, 6) is 0. The second-order valence-electron chi connectivity index (χ2n) is 8.05. The fourth-order valence-electron chi connectivity index (χ4n) is 4.20. The highest BCUT2D eigenvalue weighted by molar-refractivity contribution is 6.06. The molecule has 0 unspecified atom stereocenters. The van der Waals surface area contributed by atoms with Crippen LogP contribution in [0.1, 0.15) is 0 Å². The van der Waals surface area contributed by atoms with Crippen molar-refractivity contribution in [3.05, 3.63) is 121 Å². The Labute approximate surface area is 192 Å². The van der Waals surface area contributed by atoms with Crippen molar-refractivity contribution in [1.29, 1.82) is 0 Å². The van der Waals surface area contributed by atoms with Crippen LogP contribution in [-0.2, 0) is 0 Å². The van der Waals surface area contributed by atoms with Gasteiger partial charge in [0, 0.05) is 22.1 Å². The lowest BCUT2D eigenvalue weighted by atomic mass is 10.0. The van der Waals surface area contributed by atoms with E-state index >= 15 is 0 Å². The van der Waals surface area contributed by atoms with Crippen molar-refractivity contribution in [2.75, 3.05) is 10.6 Å². The zero-order valence-electron chi connectivity index (χ0n) is 18.0. The molecule has 5 aromatic carbocycles. The SMILES string of the molecule is c1ccc(Nc2ccc(-c3ccc4oc5ccccc5c4c3)cc2Nc2ccccc2)cc1. The summed E-state index contributed by atoms with van der Waals surface area (Å²) in [4.78, 5) is 0. The number of benzene rings is 5. The zero-order chi connectivity index (χ0) is 22.0. The van der Waals surface area contributed by atoms with E-state index in [2.05, 4.69) is 83.4 Å². The summed E-state index contributed by atoms with van der Waals surface area (Å²) in [6, 6.07) is 41.5. The Hall–Kier alpha value is -4.50. The monoisotopic (exact) mass is 426 g/mol. The summed E-state index contributed by atoms with van der Waals surface area (Å²) in [5, 5.41) is 9.40. The maximum atomic E-state index is 6.01. The molecule has 0 aliphatic heterocycles. The number of hydrogen-bond donors (Lipinski definition) is 2. The van der Waals surface area contributed by atoms with Crippen LogP contribution in [0.5, 0.6) is 0 Å². The number of para-hydroxylation sites is 3. The molecule has 0 aliphatic rings. The lowest BCUT2D eigenvalue weighted by Gasteiger charge is -2.16. The summed E-state index contributed by atoms with van der Waals surface area (Å²) >= 11 is 0. The Balaban J connectivity index is 1.44. The molecule has 0 saturated heterocycles. The molecule has 6 rings (SSSR count). The first-order valence-electron chi connectivity index (χ1n) is 11.0. The van der Waals surface area contributed by atoms with Gasteiger partial charge in [-0.2, -0.15) is 0 Å². The second-order valence-corrected chi connectivity index (χ2v) is 8.05. The predicted molar refractivity (Wildman–Crippen MR) is 139 cm³/mol. The van der Waals surface area contributed by atoms with E-state index < -0.39 is 0 Å². The molecule has 1 aromatic heterocycles. The molecule has 0 spiro atoms. The fraction of sp³-hybridized carbons (Fsp3) is 0. The van der Waals surface area contributed by atoms with Gasteiger partial charge in [-0.25, -0.2) is 0 Å². The third kappa shape index (κ3) is 3.81. The normalized spacial score (nSPS) is 11.0. The molecule has 1 heterocycles. The van der Waals surface area contributed by atoms with Crippen molar-refractivity contribution >= 4 is 44.7 Å². The van der Waals surface area contributed by atoms with Gasteiger partial charge in [-0.1, -0.05) is 66.7 Å². The number of anilines is 4. The van der Waals surface area contributed by atoms with Gasteiger partial charge in [0.25, 0.3) is 0 Å². The number of fused-ring (bicyclic) bond motifs is 3. The molecule has 2 N–H and O–H groups in total. The quantitative estimate of drug-likeness (QED) is 0.289. The van der Waals surface area contributed by atoms with E-state index in [4.69, 9.17) is 4.42 Å². The molecular weight excluding hydrogens is 404 g/mol. The minimum absolute atomic E-state index is 0.907. The highest BCUT2D eigenvalue weighted by Crippen LogP contribution is 2.36. The van der Waals surface area contributed by atoms with Crippen LogP contribution in [0, 0.1) is 0 Å². The minimum atomic E-state index is 0.907. The highest BCUT2D eigenvalue weighted by Gasteiger charge is 2.11. The third-order valence-electron chi connectivity index (χ3n) is 5.84. The average Bonchev–Trinajstić information content (AvgIpc) is 3.24. The molecule has 0 radical (unpaired) electrons. The summed E-state index contributed by atoms with van der Waals surface area (Å²) in [6.07, 6.45) is 0. The molecule has 0 aliphatic carbocycles. The van der Waals surface area contributed by atoms with Gasteiger partial charge >= 0.3 is 0 Å². The van der Waals surface area contributed by atoms with Gasteiger partial charge in [0.15, 0.2) is 0 Å². The van der Waals surface area contributed by atoms with Crippen molar-refractivity contribution in [2.24, 2.45) is 0 Å². The summed E-state index contributed by atoms with van der Waals surface area (Å²) in [5.41, 5.74) is 8.23. The summed E-state index contributed by atoms with van der Waals surface area (Å²) < 4.78 is 6.01. The van der Waals surface area contributed by atoms with Crippen LogP contribution in [-0.4, -0.2) is 0 Å². The van der Waals surface area contributed by atoms with Crippen molar-refractivity contribution < 1.29 is 4.42 Å². The van der Waals surface area contributed by atoms with E-state index in [0.29, 0.717) is 0 Å². The largest absolute Gasteiger partial charge is 0.456 e. The molecule has 3 nitrogen and oxygen atoms in total. The van der Waals surface area contributed by atoms with Crippen LogP contribution in [0.2, 0.25) is 0 Å². The molecule has 0 saturated carbocycles. The van der Waals surface area contributed by atoms with Gasteiger partial charge in [-0.3, -0.25) is 0 Å². The molecular formula is C30H22N2O. The van der Waals surface area contributed by atoms with Gasteiger partial charge in [0.05, 0.1) is 11.4 Å². The van der Waals surface area contributed by atoms with Crippen LogP contribution in [0.4, 0.5) is 22.7 Å². The van der Waals surface area contributed by atoms with E-state index in [-0.39, 0.29) is 0 Å². The topological polar surface area (TPSA) is 37.2 Å². The van der Waals surface area contributed by atoms with E-state index in [1.807, 2.05) is 48.5 Å². The first-order chi connectivity index (χ1) is 16.3. The van der Waals surface area contributed by atoms with E-state index in [9.17, 15) is 0 Å². The summed E-state index contributed by atoms with van der Waals surface area (Å²) in [6.45, 7) is 0. The maximum absolute atomic E-state index is 6.01. The van der Waals surface area contributed by atoms with E-state index in [1.165, 1.54) is 0 Å². The van der Waals surface area contributed by atoms with Crippen LogP contribution >= 0.6 is 0 Å². The molecule has 0 atom stereocenters. The van der Waals surface area contributed by atoms with Crippen molar-refractivity contribution in [3.8, 4) is 11.1 Å². The Kier molecular flexibility index (Phi) is 4.78. The predicted octanol–water partition coefficient (Wildman–Crippen LogP) is 8.74. The number of rotatable bonds is 5. The smallest absolute Gasteiger partial charge is 0.135 e. The van der Waals surface area contributed by atoms with Crippen LogP contribution in [0.3, 0.4) is 0 Å². The van der Waals surface area contributed by atoms with E-state index in [1.54, 1.807) is 0 Å². The Morgan fingerprint density at radius 1 is 0.424 bits per heavy atom. The molecule has 0 fully saturated rings. The average molecular weight is 427 g/mol. The van der Waals surface area contributed by atoms with Crippen LogP contribution in [0.25, 0.3) is 33.1 Å². The van der Waals surface area contributed by atoms with Gasteiger partial charge in [0.1, 0.15) is 11.2 Å². The third-order valence-corrected chi connectivity index (χ3v) is 5.84. The van der Waals surface area contributed by atoms with Gasteiger partial charge < -0.3 is 15.1 Å². The molecule has 33 heavy (non-hydrogen) atoms. The first-order valence-corrected chi connectivity index (χ1v) is 11.0. The zero-order valence-corrected chi connectivity index (χ0v) is 18.0. The Bertz CT molecular complexity index is 1550. The molecule has 0 bridgehead atoms. The standard InChI is InChI=1S/C30H22N2O/c1-3-9-23(10-4-1)31-27-17-15-22(20-28(27)32-24-11-5-2-6-12-24)21-16-18-30-26(19-21)25-13-7-8-14-29(25)33-30/h1-20,31-32H. The number of hydrogen-bond acceptors (Lipinski definition) is 3. The second kappa shape index (κ2) is 8.21. The lowest BCUT2D eigenvalue weighted by molar-refractivity contribution is 0.669. The highest BCUT2D eigenvalue weighted by atomic mass is 16.3.